The van der Waals surface area contributed by atoms with Crippen LogP contribution in [0.3, 0.4) is 0 Å². The van der Waals surface area contributed by atoms with Gasteiger partial charge in [-0.2, -0.15) is 5.10 Å². The molecule has 0 aromatic heterocycles. The van der Waals surface area contributed by atoms with E-state index in [0.29, 0.717) is 12.3 Å². The molecule has 3 N–H and O–H groups in total. The number of amides is 1. The van der Waals surface area contributed by atoms with E-state index in [0.717, 1.165) is 22.4 Å². The Kier molecular flexibility index (Phi) is 6.20. The number of hydrazone groups is 1. The maximum absolute atomic E-state index is 11.9. The number of anilines is 1. The van der Waals surface area contributed by atoms with Crippen LogP contribution in [0, 0.1) is 0 Å². The third kappa shape index (κ3) is 6.01. The molecule has 3 aromatic rings. The predicted molar refractivity (Wildman–Crippen MR) is 108 cm³/mol. The molecule has 3 aromatic carbocycles. The second-order valence-corrected chi connectivity index (χ2v) is 6.05. The zero-order valence-electron chi connectivity index (χ0n) is 14.8. The first-order valence-electron chi connectivity index (χ1n) is 8.62. The van der Waals surface area contributed by atoms with Gasteiger partial charge in [0.2, 0.25) is 5.91 Å². The predicted octanol–water partition coefficient (Wildman–Crippen LogP) is 3.54. The lowest BCUT2D eigenvalue weighted by atomic mass is 10.1. The smallest absolute Gasteiger partial charge is 0.244 e. The van der Waals surface area contributed by atoms with Crippen molar-refractivity contribution in [3.63, 3.8) is 0 Å². The topological polar surface area (TPSA) is 76.7 Å². The van der Waals surface area contributed by atoms with Gasteiger partial charge in [-0.05, 0) is 53.1 Å². The molecular weight excluding hydrogens is 338 g/mol. The fourth-order valence-corrected chi connectivity index (χ4v) is 2.43. The zero-order chi connectivity index (χ0) is 18.9. The number of ether oxygens (including phenoxy) is 1. The maximum Gasteiger partial charge on any atom is 0.244 e. The molecule has 0 heterocycles. The minimum absolute atomic E-state index is 0.182. The van der Waals surface area contributed by atoms with E-state index in [9.17, 15) is 4.79 Å². The highest BCUT2D eigenvalue weighted by Crippen LogP contribution is 2.13. The van der Waals surface area contributed by atoms with E-state index in [4.69, 9.17) is 10.5 Å². The van der Waals surface area contributed by atoms with Crippen LogP contribution >= 0.6 is 0 Å². The van der Waals surface area contributed by atoms with Crippen LogP contribution in [0.4, 0.5) is 5.69 Å². The summed E-state index contributed by atoms with van der Waals surface area (Å²) in [6.07, 6.45) is 1.85. The molecule has 0 atom stereocenters. The number of nitrogens with zero attached hydrogens (tertiary/aromatic N) is 1. The molecule has 0 bridgehead atoms. The number of nitrogen functional groups attached to an aromatic ring is 1. The Morgan fingerprint density at radius 2 is 1.63 bits per heavy atom. The number of nitrogens with one attached hydrogen (secondary N) is 1. The summed E-state index contributed by atoms with van der Waals surface area (Å²) < 4.78 is 5.74. The average molecular weight is 359 g/mol. The van der Waals surface area contributed by atoms with Crippen molar-refractivity contribution in [3.8, 4) is 5.75 Å². The van der Waals surface area contributed by atoms with Gasteiger partial charge in [-0.3, -0.25) is 4.79 Å². The second-order valence-electron chi connectivity index (χ2n) is 6.05. The normalized spacial score (nSPS) is 10.7. The van der Waals surface area contributed by atoms with E-state index >= 15 is 0 Å². The maximum atomic E-state index is 11.9. The van der Waals surface area contributed by atoms with E-state index in [2.05, 4.69) is 10.5 Å². The van der Waals surface area contributed by atoms with Crippen molar-refractivity contribution in [3.05, 3.63) is 95.6 Å². The van der Waals surface area contributed by atoms with Crippen LogP contribution in [0.1, 0.15) is 16.7 Å². The summed E-state index contributed by atoms with van der Waals surface area (Å²) in [5.74, 6) is 0.599. The van der Waals surface area contributed by atoms with E-state index in [1.807, 2.05) is 66.7 Å². The first kappa shape index (κ1) is 18.2. The number of carbonyl (C=O) groups is 1. The third-order valence-electron chi connectivity index (χ3n) is 3.88. The monoisotopic (exact) mass is 359 g/mol. The van der Waals surface area contributed by atoms with E-state index in [-0.39, 0.29) is 12.3 Å². The molecule has 0 saturated heterocycles. The van der Waals surface area contributed by atoms with Crippen LogP contribution in [-0.4, -0.2) is 12.1 Å². The number of carbonyl (C=O) groups excluding carboxylic acids is 1. The molecule has 0 fully saturated rings. The third-order valence-corrected chi connectivity index (χ3v) is 3.88. The average Bonchev–Trinajstić information content (AvgIpc) is 2.70. The van der Waals surface area contributed by atoms with Crippen LogP contribution in [0.25, 0.3) is 0 Å². The van der Waals surface area contributed by atoms with Gasteiger partial charge in [0, 0.05) is 5.69 Å². The lowest BCUT2D eigenvalue weighted by Crippen LogP contribution is -2.19. The van der Waals surface area contributed by atoms with Crippen LogP contribution in [-0.2, 0) is 17.8 Å². The van der Waals surface area contributed by atoms with Crippen molar-refractivity contribution in [1.82, 2.24) is 5.43 Å². The fraction of sp³-hybridized carbons (Fsp3) is 0.0909. The molecule has 0 spiro atoms. The quantitative estimate of drug-likeness (QED) is 0.385. The zero-order valence-corrected chi connectivity index (χ0v) is 14.8. The number of hydrogen-bond donors (Lipinski definition) is 2. The standard InChI is InChI=1S/C22H21N3O2/c23-20-10-6-17(7-11-20)14-22(26)25-24-15-18-8-12-21(13-9-18)27-16-19-4-2-1-3-5-19/h1-13,15H,14,16,23H2,(H,25,26)/b24-15-. The van der Waals surface area contributed by atoms with Crippen molar-refractivity contribution in [1.29, 1.82) is 0 Å². The van der Waals surface area contributed by atoms with Gasteiger partial charge in [0.05, 0.1) is 12.6 Å². The Labute approximate surface area is 158 Å². The molecule has 1 amide bonds. The van der Waals surface area contributed by atoms with Crippen molar-refractivity contribution in [2.75, 3.05) is 5.73 Å². The van der Waals surface area contributed by atoms with Crippen molar-refractivity contribution >= 4 is 17.8 Å². The molecule has 136 valence electrons. The van der Waals surface area contributed by atoms with Gasteiger partial charge in [0.15, 0.2) is 0 Å². The van der Waals surface area contributed by atoms with Gasteiger partial charge in [0.1, 0.15) is 12.4 Å². The number of rotatable bonds is 7. The van der Waals surface area contributed by atoms with Gasteiger partial charge in [-0.15, -0.1) is 0 Å². The minimum Gasteiger partial charge on any atom is -0.489 e. The largest absolute Gasteiger partial charge is 0.489 e. The Morgan fingerprint density at radius 1 is 0.926 bits per heavy atom. The highest BCUT2D eigenvalue weighted by molar-refractivity contribution is 5.83. The molecule has 0 aliphatic carbocycles. The van der Waals surface area contributed by atoms with E-state index in [1.54, 1.807) is 18.3 Å². The summed E-state index contributed by atoms with van der Waals surface area (Å²) >= 11 is 0. The Morgan fingerprint density at radius 3 is 2.33 bits per heavy atom. The lowest BCUT2D eigenvalue weighted by molar-refractivity contribution is -0.120. The number of hydrogen-bond acceptors (Lipinski definition) is 4. The first-order valence-corrected chi connectivity index (χ1v) is 8.62. The first-order chi connectivity index (χ1) is 13.2. The summed E-state index contributed by atoms with van der Waals surface area (Å²) in [5.41, 5.74) is 11.7. The number of nitrogens with two attached hydrogens (primary N) is 1. The van der Waals surface area contributed by atoms with Gasteiger partial charge in [0.25, 0.3) is 0 Å². The fourth-order valence-electron chi connectivity index (χ4n) is 2.43. The highest BCUT2D eigenvalue weighted by atomic mass is 16.5. The summed E-state index contributed by atoms with van der Waals surface area (Å²) in [6.45, 7) is 0.523. The van der Waals surface area contributed by atoms with Crippen LogP contribution in [0.15, 0.2) is 84.0 Å². The molecule has 5 nitrogen and oxygen atoms in total. The second kappa shape index (κ2) is 9.20. The van der Waals surface area contributed by atoms with Crippen molar-refractivity contribution < 1.29 is 9.53 Å². The molecule has 0 aliphatic heterocycles. The SMILES string of the molecule is Nc1ccc(CC(=O)N/N=C\c2ccc(OCc3ccccc3)cc2)cc1. The molecule has 0 saturated carbocycles. The minimum atomic E-state index is -0.182. The molecule has 27 heavy (non-hydrogen) atoms. The number of benzene rings is 3. The molecule has 5 heteroatoms. The van der Waals surface area contributed by atoms with E-state index < -0.39 is 0 Å². The molecule has 3 rings (SSSR count). The molecule has 0 radical (unpaired) electrons. The Hall–Kier alpha value is -3.60. The molecule has 0 unspecified atom stereocenters. The van der Waals surface area contributed by atoms with Gasteiger partial charge < -0.3 is 10.5 Å². The van der Waals surface area contributed by atoms with Crippen LogP contribution in [0.5, 0.6) is 5.75 Å². The van der Waals surface area contributed by atoms with Crippen molar-refractivity contribution in [2.24, 2.45) is 5.10 Å². The van der Waals surface area contributed by atoms with Gasteiger partial charge in [-0.1, -0.05) is 42.5 Å². The Balaban J connectivity index is 1.46. The van der Waals surface area contributed by atoms with Crippen LogP contribution in [0.2, 0.25) is 0 Å². The molecular formula is C22H21N3O2. The Bertz CT molecular complexity index is 889. The lowest BCUT2D eigenvalue weighted by Gasteiger charge is -2.06. The van der Waals surface area contributed by atoms with E-state index in [1.165, 1.54) is 0 Å². The molecule has 0 aliphatic rings. The van der Waals surface area contributed by atoms with Crippen molar-refractivity contribution in [2.45, 2.75) is 13.0 Å². The summed E-state index contributed by atoms with van der Waals surface area (Å²) in [4.78, 5) is 11.9. The van der Waals surface area contributed by atoms with Crippen LogP contribution < -0.4 is 15.9 Å². The summed E-state index contributed by atoms with van der Waals surface area (Å²) in [5, 5.41) is 3.99. The summed E-state index contributed by atoms with van der Waals surface area (Å²) in [6, 6.07) is 24.7. The van der Waals surface area contributed by atoms with Gasteiger partial charge in [-0.25, -0.2) is 5.43 Å². The van der Waals surface area contributed by atoms with Gasteiger partial charge >= 0.3 is 0 Å². The summed E-state index contributed by atoms with van der Waals surface area (Å²) in [7, 11) is 0. The highest BCUT2D eigenvalue weighted by Gasteiger charge is 2.01.